The molecule has 0 aromatic rings. The first-order chi connectivity index (χ1) is 12.1. The van der Waals surface area contributed by atoms with E-state index in [1.807, 2.05) is 0 Å². The van der Waals surface area contributed by atoms with E-state index in [9.17, 15) is 9.90 Å². The number of rotatable bonds is 7. The molecule has 0 aromatic carbocycles. The van der Waals surface area contributed by atoms with Crippen LogP contribution in [0.1, 0.15) is 64.2 Å². The molecule has 142 valence electrons. The molecule has 25 heavy (non-hydrogen) atoms. The number of aliphatic hydroxyl groups excluding tert-OH is 1. The normalized spacial score (nSPS) is 40.4. The van der Waals surface area contributed by atoms with Crippen LogP contribution in [0.25, 0.3) is 0 Å². The molecule has 1 saturated heterocycles. The first-order valence-electron chi connectivity index (χ1n) is 10.7. The van der Waals surface area contributed by atoms with Gasteiger partial charge < -0.3 is 15.3 Å². The standard InChI is InChI=1S/C21H36N2O2/c24-15-16-3-1-5-23(14-16)6-2-4-22-20(25)13-21-10-17-7-18(11-21)9-19(8-17)12-21/h16-19,24H,1-15H2,(H,22,25). The van der Waals surface area contributed by atoms with Gasteiger partial charge in [0.1, 0.15) is 0 Å². The van der Waals surface area contributed by atoms with E-state index in [0.717, 1.165) is 63.2 Å². The van der Waals surface area contributed by atoms with E-state index in [1.165, 1.54) is 44.9 Å². The summed E-state index contributed by atoms with van der Waals surface area (Å²) in [7, 11) is 0. The van der Waals surface area contributed by atoms with Crippen molar-refractivity contribution in [1.82, 2.24) is 10.2 Å². The molecule has 4 bridgehead atoms. The molecule has 1 unspecified atom stereocenters. The Morgan fingerprint density at radius 1 is 1.12 bits per heavy atom. The molecule has 5 aliphatic rings. The summed E-state index contributed by atoms with van der Waals surface area (Å²) in [6.07, 6.45) is 12.5. The third-order valence-electron chi connectivity index (χ3n) is 7.54. The molecule has 0 radical (unpaired) electrons. The van der Waals surface area contributed by atoms with Crippen LogP contribution in [0.5, 0.6) is 0 Å². The minimum Gasteiger partial charge on any atom is -0.396 e. The summed E-state index contributed by atoms with van der Waals surface area (Å²) in [5, 5.41) is 12.5. The zero-order valence-electron chi connectivity index (χ0n) is 15.7. The molecule has 1 heterocycles. The van der Waals surface area contributed by atoms with Gasteiger partial charge in [-0.25, -0.2) is 0 Å². The van der Waals surface area contributed by atoms with Gasteiger partial charge in [-0.1, -0.05) is 0 Å². The zero-order valence-corrected chi connectivity index (χ0v) is 15.7. The monoisotopic (exact) mass is 348 g/mol. The lowest BCUT2D eigenvalue weighted by Crippen LogP contribution is -2.48. The van der Waals surface area contributed by atoms with Gasteiger partial charge in [-0.15, -0.1) is 0 Å². The molecule has 4 heteroatoms. The highest BCUT2D eigenvalue weighted by atomic mass is 16.3. The van der Waals surface area contributed by atoms with Gasteiger partial charge in [0.2, 0.25) is 5.91 Å². The van der Waals surface area contributed by atoms with E-state index in [4.69, 9.17) is 0 Å². The van der Waals surface area contributed by atoms with E-state index >= 15 is 0 Å². The van der Waals surface area contributed by atoms with Crippen LogP contribution in [0.2, 0.25) is 0 Å². The van der Waals surface area contributed by atoms with Gasteiger partial charge in [-0.3, -0.25) is 4.79 Å². The number of carbonyl (C=O) groups excluding carboxylic acids is 1. The molecular weight excluding hydrogens is 312 g/mol. The Labute approximate surface area is 152 Å². The topological polar surface area (TPSA) is 52.6 Å². The van der Waals surface area contributed by atoms with Gasteiger partial charge >= 0.3 is 0 Å². The number of carbonyl (C=O) groups is 1. The Morgan fingerprint density at radius 3 is 2.44 bits per heavy atom. The van der Waals surface area contributed by atoms with Crippen molar-refractivity contribution in [2.24, 2.45) is 29.1 Å². The highest BCUT2D eigenvalue weighted by Crippen LogP contribution is 2.61. The highest BCUT2D eigenvalue weighted by Gasteiger charge is 2.51. The molecule has 1 aliphatic heterocycles. The number of likely N-dealkylation sites (tertiary alicyclic amines) is 1. The Bertz CT molecular complexity index is 443. The molecule has 2 N–H and O–H groups in total. The van der Waals surface area contributed by atoms with Gasteiger partial charge in [-0.05, 0) is 100.0 Å². The summed E-state index contributed by atoms with van der Waals surface area (Å²) in [6, 6.07) is 0. The molecule has 5 rings (SSSR count). The van der Waals surface area contributed by atoms with Crippen molar-refractivity contribution in [1.29, 1.82) is 0 Å². The predicted molar refractivity (Wildman–Crippen MR) is 99.1 cm³/mol. The fourth-order valence-electron chi connectivity index (χ4n) is 6.94. The summed E-state index contributed by atoms with van der Waals surface area (Å²) >= 11 is 0. The number of aliphatic hydroxyl groups is 1. The van der Waals surface area contributed by atoms with Crippen LogP contribution < -0.4 is 5.32 Å². The van der Waals surface area contributed by atoms with Crippen molar-refractivity contribution in [3.05, 3.63) is 0 Å². The SMILES string of the molecule is O=C(CC12CC3CC(CC(C3)C1)C2)NCCCN1CCCC(CO)C1. The number of hydrogen-bond donors (Lipinski definition) is 2. The van der Waals surface area contributed by atoms with Crippen LogP contribution in [0.15, 0.2) is 0 Å². The van der Waals surface area contributed by atoms with Gasteiger partial charge in [0.05, 0.1) is 0 Å². The van der Waals surface area contributed by atoms with Gasteiger partial charge in [-0.2, -0.15) is 0 Å². The smallest absolute Gasteiger partial charge is 0.220 e. The lowest BCUT2D eigenvalue weighted by atomic mass is 9.49. The summed E-state index contributed by atoms with van der Waals surface area (Å²) in [6.45, 7) is 4.35. The third kappa shape index (κ3) is 4.21. The summed E-state index contributed by atoms with van der Waals surface area (Å²) in [5.74, 6) is 3.54. The van der Waals surface area contributed by atoms with Crippen molar-refractivity contribution in [2.75, 3.05) is 32.8 Å². The predicted octanol–water partition coefficient (Wildman–Crippen LogP) is 2.80. The van der Waals surface area contributed by atoms with Crippen molar-refractivity contribution >= 4 is 5.91 Å². The van der Waals surface area contributed by atoms with Gasteiger partial charge in [0.15, 0.2) is 0 Å². The molecule has 4 saturated carbocycles. The van der Waals surface area contributed by atoms with Crippen molar-refractivity contribution in [3.8, 4) is 0 Å². The number of nitrogens with one attached hydrogen (secondary N) is 1. The van der Waals surface area contributed by atoms with Crippen molar-refractivity contribution < 1.29 is 9.90 Å². The van der Waals surface area contributed by atoms with E-state index in [1.54, 1.807) is 0 Å². The van der Waals surface area contributed by atoms with E-state index < -0.39 is 0 Å². The second kappa shape index (κ2) is 7.56. The van der Waals surface area contributed by atoms with Crippen LogP contribution >= 0.6 is 0 Å². The molecule has 0 spiro atoms. The Morgan fingerprint density at radius 2 is 1.80 bits per heavy atom. The quantitative estimate of drug-likeness (QED) is 0.696. The van der Waals surface area contributed by atoms with Crippen LogP contribution in [-0.4, -0.2) is 48.7 Å². The molecule has 1 atom stereocenters. The Balaban J connectivity index is 1.16. The number of amides is 1. The maximum atomic E-state index is 12.5. The summed E-state index contributed by atoms with van der Waals surface area (Å²) < 4.78 is 0. The lowest BCUT2D eigenvalue weighted by molar-refractivity contribution is -0.129. The fraction of sp³-hybridized carbons (Fsp3) is 0.952. The van der Waals surface area contributed by atoms with Crippen LogP contribution in [0.4, 0.5) is 0 Å². The number of hydrogen-bond acceptors (Lipinski definition) is 3. The van der Waals surface area contributed by atoms with Crippen molar-refractivity contribution in [2.45, 2.75) is 64.2 Å². The van der Waals surface area contributed by atoms with E-state index in [2.05, 4.69) is 10.2 Å². The maximum absolute atomic E-state index is 12.5. The largest absolute Gasteiger partial charge is 0.396 e. The molecule has 0 aromatic heterocycles. The average molecular weight is 349 g/mol. The second-order valence-electron chi connectivity index (χ2n) is 9.79. The average Bonchev–Trinajstić information content (AvgIpc) is 2.57. The molecule has 4 aliphatic carbocycles. The highest BCUT2D eigenvalue weighted by molar-refractivity contribution is 5.76. The van der Waals surface area contributed by atoms with E-state index in [0.29, 0.717) is 23.8 Å². The third-order valence-corrected chi connectivity index (χ3v) is 7.54. The fourth-order valence-corrected chi connectivity index (χ4v) is 6.94. The van der Waals surface area contributed by atoms with E-state index in [-0.39, 0.29) is 0 Å². The van der Waals surface area contributed by atoms with Gasteiger partial charge in [0, 0.05) is 26.1 Å². The number of nitrogens with zero attached hydrogens (tertiary/aromatic N) is 1. The number of piperidine rings is 1. The molecular formula is C21H36N2O2. The first-order valence-corrected chi connectivity index (χ1v) is 10.7. The van der Waals surface area contributed by atoms with Crippen LogP contribution in [0, 0.1) is 29.1 Å². The zero-order chi connectivity index (χ0) is 17.3. The minimum absolute atomic E-state index is 0.300. The van der Waals surface area contributed by atoms with Crippen molar-refractivity contribution in [3.63, 3.8) is 0 Å². The Kier molecular flexibility index (Phi) is 5.38. The maximum Gasteiger partial charge on any atom is 0.220 e. The molecule has 4 nitrogen and oxygen atoms in total. The minimum atomic E-state index is 0.300. The summed E-state index contributed by atoms with van der Waals surface area (Å²) in [4.78, 5) is 15.0. The lowest BCUT2D eigenvalue weighted by Gasteiger charge is -2.56. The first kappa shape index (κ1) is 17.8. The molecule has 5 fully saturated rings. The van der Waals surface area contributed by atoms with Crippen LogP contribution in [0.3, 0.4) is 0 Å². The van der Waals surface area contributed by atoms with Gasteiger partial charge in [0.25, 0.3) is 0 Å². The van der Waals surface area contributed by atoms with Crippen LogP contribution in [-0.2, 0) is 4.79 Å². The summed E-state index contributed by atoms with van der Waals surface area (Å²) in [5.41, 5.74) is 0.361. The second-order valence-corrected chi connectivity index (χ2v) is 9.79. The molecule has 1 amide bonds. The Hall–Kier alpha value is -0.610.